The summed E-state index contributed by atoms with van der Waals surface area (Å²) >= 11 is 0. The largest absolute Gasteiger partial charge is 0.497 e. The molecule has 1 unspecified atom stereocenters. The van der Waals surface area contributed by atoms with Gasteiger partial charge in [-0.15, -0.1) is 0 Å². The number of fused-ring (bicyclic) bond motifs is 2. The number of ether oxygens (including phenoxy) is 1. The molecule has 1 atom stereocenters. The van der Waals surface area contributed by atoms with Gasteiger partial charge >= 0.3 is 0 Å². The van der Waals surface area contributed by atoms with Crippen LogP contribution >= 0.6 is 0 Å². The molecule has 2 aromatic carbocycles. The number of carbonyl (C=O) groups is 2. The molecule has 1 aromatic heterocycles. The number of hydrogen-bond acceptors (Lipinski definition) is 3. The van der Waals surface area contributed by atoms with Crippen molar-refractivity contribution in [2.45, 2.75) is 38.1 Å². The number of carbonyl (C=O) groups excluding carboxylic acids is 2. The first-order valence-electron chi connectivity index (χ1n) is 10.9. The summed E-state index contributed by atoms with van der Waals surface area (Å²) in [6, 6.07) is 14.1. The Morgan fingerprint density at radius 1 is 1.13 bits per heavy atom. The molecule has 6 heteroatoms. The first-order chi connectivity index (χ1) is 15.1. The molecule has 0 spiro atoms. The van der Waals surface area contributed by atoms with Crippen LogP contribution in [0.4, 0.5) is 5.69 Å². The minimum atomic E-state index is -0.144. The van der Waals surface area contributed by atoms with Gasteiger partial charge in [-0.1, -0.05) is 24.3 Å². The smallest absolute Gasteiger partial charge is 0.270 e. The van der Waals surface area contributed by atoms with E-state index < -0.39 is 0 Å². The van der Waals surface area contributed by atoms with Crippen molar-refractivity contribution in [1.29, 1.82) is 0 Å². The monoisotopic (exact) mass is 417 g/mol. The van der Waals surface area contributed by atoms with Crippen LogP contribution in [0.1, 0.15) is 53.3 Å². The van der Waals surface area contributed by atoms with Crippen LogP contribution in [0.25, 0.3) is 10.9 Å². The number of nitrogens with zero attached hydrogens (tertiary/aromatic N) is 2. The van der Waals surface area contributed by atoms with Gasteiger partial charge in [0.25, 0.3) is 5.91 Å². The lowest BCUT2D eigenvalue weighted by Crippen LogP contribution is -2.34. The van der Waals surface area contributed by atoms with Gasteiger partial charge in [0.2, 0.25) is 5.91 Å². The molecule has 3 aromatic rings. The zero-order chi connectivity index (χ0) is 21.5. The number of anilines is 1. The van der Waals surface area contributed by atoms with Crippen molar-refractivity contribution in [3.8, 4) is 5.75 Å². The van der Waals surface area contributed by atoms with Gasteiger partial charge in [-0.2, -0.15) is 0 Å². The lowest BCUT2D eigenvalue weighted by Gasteiger charge is -2.27. The fourth-order valence-electron chi connectivity index (χ4n) is 5.08. The van der Waals surface area contributed by atoms with Gasteiger partial charge in [0.15, 0.2) is 0 Å². The maximum atomic E-state index is 13.7. The fourth-order valence-corrected chi connectivity index (χ4v) is 5.08. The molecular formula is C25H27N3O3. The molecule has 1 fully saturated rings. The van der Waals surface area contributed by atoms with Gasteiger partial charge in [-0.05, 0) is 55.0 Å². The molecular weight excluding hydrogens is 390 g/mol. The summed E-state index contributed by atoms with van der Waals surface area (Å²) in [5.41, 5.74) is 4.63. The van der Waals surface area contributed by atoms with Gasteiger partial charge in [-0.25, -0.2) is 0 Å². The Kier molecular flexibility index (Phi) is 4.93. The lowest BCUT2D eigenvalue weighted by molar-refractivity contribution is -0.117. The first kappa shape index (κ1) is 19.7. The van der Waals surface area contributed by atoms with Gasteiger partial charge < -0.3 is 19.5 Å². The SMILES string of the molecule is COc1ccc2c(c1)c(N1CCCC1=O)c(C(=O)NC1CCCc3ccccc31)n2C. The Bertz CT molecular complexity index is 1180. The molecule has 0 bridgehead atoms. The Balaban J connectivity index is 1.60. The zero-order valence-corrected chi connectivity index (χ0v) is 18.0. The van der Waals surface area contributed by atoms with E-state index >= 15 is 0 Å². The highest BCUT2D eigenvalue weighted by Crippen LogP contribution is 2.38. The van der Waals surface area contributed by atoms with E-state index in [9.17, 15) is 9.59 Å². The van der Waals surface area contributed by atoms with Crippen LogP contribution in [0.5, 0.6) is 5.75 Å². The molecule has 1 saturated heterocycles. The fraction of sp³-hybridized carbons (Fsp3) is 0.360. The van der Waals surface area contributed by atoms with Gasteiger partial charge in [0, 0.05) is 25.4 Å². The molecule has 5 rings (SSSR count). The second kappa shape index (κ2) is 7.76. The van der Waals surface area contributed by atoms with Crippen LogP contribution in [0, 0.1) is 0 Å². The normalized spacial score (nSPS) is 18.3. The standard InChI is InChI=1S/C25H27N3O3/c1-27-21-13-12-17(31-2)15-19(21)23(28-14-6-11-22(28)29)24(27)25(30)26-20-10-5-8-16-7-3-4-9-18(16)20/h3-4,7,9,12-13,15,20H,5-6,8,10-11,14H2,1-2H3,(H,26,30). The summed E-state index contributed by atoms with van der Waals surface area (Å²) in [6.45, 7) is 0.627. The molecule has 2 aliphatic rings. The van der Waals surface area contributed by atoms with Crippen LogP contribution in [-0.2, 0) is 18.3 Å². The number of amides is 2. The first-order valence-corrected chi connectivity index (χ1v) is 10.9. The molecule has 0 radical (unpaired) electrons. The van der Waals surface area contributed by atoms with E-state index in [2.05, 4.69) is 23.5 Å². The van der Waals surface area contributed by atoms with E-state index in [1.54, 1.807) is 12.0 Å². The summed E-state index contributed by atoms with van der Waals surface area (Å²) in [4.78, 5) is 28.1. The number of hydrogen-bond donors (Lipinski definition) is 1. The van der Waals surface area contributed by atoms with Crippen LogP contribution in [0.3, 0.4) is 0 Å². The van der Waals surface area contributed by atoms with Crippen molar-refractivity contribution < 1.29 is 14.3 Å². The summed E-state index contributed by atoms with van der Waals surface area (Å²) in [6.07, 6.45) is 4.32. The number of nitrogens with one attached hydrogen (secondary N) is 1. The van der Waals surface area contributed by atoms with E-state index in [4.69, 9.17) is 4.74 Å². The van der Waals surface area contributed by atoms with E-state index in [1.165, 1.54) is 11.1 Å². The predicted octanol–water partition coefficient (Wildman–Crippen LogP) is 4.12. The van der Waals surface area contributed by atoms with Crippen molar-refractivity contribution >= 4 is 28.4 Å². The number of aryl methyl sites for hydroxylation is 2. The van der Waals surface area contributed by atoms with Crippen LogP contribution in [0.2, 0.25) is 0 Å². The third-order valence-corrected chi connectivity index (χ3v) is 6.61. The zero-order valence-electron chi connectivity index (χ0n) is 18.0. The molecule has 2 heterocycles. The molecule has 31 heavy (non-hydrogen) atoms. The Hall–Kier alpha value is -3.28. The highest BCUT2D eigenvalue weighted by molar-refractivity contribution is 6.14. The highest BCUT2D eigenvalue weighted by atomic mass is 16.5. The number of rotatable bonds is 4. The maximum Gasteiger partial charge on any atom is 0.270 e. The average molecular weight is 418 g/mol. The minimum absolute atomic E-state index is 0.0212. The van der Waals surface area contributed by atoms with E-state index in [-0.39, 0.29) is 17.9 Å². The summed E-state index contributed by atoms with van der Waals surface area (Å²) in [5.74, 6) is 0.626. The molecule has 160 valence electrons. The van der Waals surface area contributed by atoms with E-state index in [1.807, 2.05) is 35.9 Å². The topological polar surface area (TPSA) is 63.6 Å². The quantitative estimate of drug-likeness (QED) is 0.695. The summed E-state index contributed by atoms with van der Waals surface area (Å²) < 4.78 is 7.33. The number of aromatic nitrogens is 1. The van der Waals surface area contributed by atoms with Crippen molar-refractivity contribution in [2.24, 2.45) is 7.05 Å². The third-order valence-electron chi connectivity index (χ3n) is 6.61. The van der Waals surface area contributed by atoms with Crippen molar-refractivity contribution in [2.75, 3.05) is 18.6 Å². The molecule has 1 N–H and O–H groups in total. The highest BCUT2D eigenvalue weighted by Gasteiger charge is 2.32. The van der Waals surface area contributed by atoms with Crippen LogP contribution in [-0.4, -0.2) is 30.0 Å². The predicted molar refractivity (Wildman–Crippen MR) is 121 cm³/mol. The van der Waals surface area contributed by atoms with Crippen LogP contribution < -0.4 is 15.0 Å². The van der Waals surface area contributed by atoms with Crippen molar-refractivity contribution in [1.82, 2.24) is 9.88 Å². The van der Waals surface area contributed by atoms with E-state index in [0.717, 1.165) is 36.6 Å². The van der Waals surface area contributed by atoms with Crippen molar-refractivity contribution in [3.63, 3.8) is 0 Å². The van der Waals surface area contributed by atoms with Crippen LogP contribution in [0.15, 0.2) is 42.5 Å². The lowest BCUT2D eigenvalue weighted by atomic mass is 9.87. The van der Waals surface area contributed by atoms with Gasteiger partial charge in [-0.3, -0.25) is 9.59 Å². The second-order valence-electron chi connectivity index (χ2n) is 8.41. The average Bonchev–Trinajstić information content (AvgIpc) is 3.33. The van der Waals surface area contributed by atoms with Gasteiger partial charge in [0.1, 0.15) is 11.4 Å². The Morgan fingerprint density at radius 3 is 2.74 bits per heavy atom. The number of benzene rings is 2. The molecule has 1 aliphatic carbocycles. The maximum absolute atomic E-state index is 13.7. The molecule has 1 aliphatic heterocycles. The molecule has 2 amide bonds. The number of methoxy groups -OCH3 is 1. The van der Waals surface area contributed by atoms with Gasteiger partial charge in [0.05, 0.1) is 24.4 Å². The Labute approximate surface area is 181 Å². The molecule has 0 saturated carbocycles. The molecule has 6 nitrogen and oxygen atoms in total. The Morgan fingerprint density at radius 2 is 1.97 bits per heavy atom. The minimum Gasteiger partial charge on any atom is -0.497 e. The van der Waals surface area contributed by atoms with E-state index in [0.29, 0.717) is 30.1 Å². The van der Waals surface area contributed by atoms with Crippen molar-refractivity contribution in [3.05, 3.63) is 59.3 Å². The summed E-state index contributed by atoms with van der Waals surface area (Å²) in [7, 11) is 3.52. The summed E-state index contributed by atoms with van der Waals surface area (Å²) in [5, 5.41) is 4.14. The third kappa shape index (κ3) is 3.26. The second-order valence-corrected chi connectivity index (χ2v) is 8.41.